The maximum atomic E-state index is 9.22. The van der Waals surface area contributed by atoms with Crippen LogP contribution >= 0.6 is 23.1 Å². The summed E-state index contributed by atoms with van der Waals surface area (Å²) in [6, 6.07) is 22.1. The van der Waals surface area contributed by atoms with Crippen molar-refractivity contribution in [1.82, 2.24) is 4.98 Å². The lowest BCUT2D eigenvalue weighted by molar-refractivity contribution is 1.00. The van der Waals surface area contributed by atoms with Gasteiger partial charge in [-0.3, -0.25) is 0 Å². The Morgan fingerprint density at radius 3 is 2.36 bits per heavy atom. The van der Waals surface area contributed by atoms with Crippen molar-refractivity contribution < 1.29 is 0 Å². The Hall–Kier alpha value is -3.84. The van der Waals surface area contributed by atoms with E-state index in [4.69, 9.17) is 0 Å². The van der Waals surface area contributed by atoms with Crippen LogP contribution in [0.3, 0.4) is 0 Å². The number of anilines is 1. The van der Waals surface area contributed by atoms with Gasteiger partial charge in [-0.15, -0.1) is 11.3 Å². The van der Waals surface area contributed by atoms with E-state index >= 15 is 0 Å². The zero-order valence-corrected chi connectivity index (χ0v) is 19.6. The first-order valence-corrected chi connectivity index (χ1v) is 12.0. The van der Waals surface area contributed by atoms with E-state index < -0.39 is 0 Å². The highest BCUT2D eigenvalue weighted by Gasteiger charge is 2.22. The third-order valence-electron chi connectivity index (χ3n) is 4.91. The van der Waals surface area contributed by atoms with E-state index in [1.54, 1.807) is 11.8 Å². The molecule has 6 heteroatoms. The van der Waals surface area contributed by atoms with E-state index in [0.717, 1.165) is 22.3 Å². The van der Waals surface area contributed by atoms with E-state index in [2.05, 4.69) is 47.1 Å². The molecule has 0 amide bonds. The van der Waals surface area contributed by atoms with Crippen molar-refractivity contribution in [3.8, 4) is 23.4 Å². The summed E-state index contributed by atoms with van der Waals surface area (Å²) in [6.07, 6.45) is 12.0. The Kier molecular flexibility index (Phi) is 7.22. The number of fused-ring (bicyclic) bond motifs is 1. The summed E-state index contributed by atoms with van der Waals surface area (Å²) in [5.74, 6) is 0. The predicted molar refractivity (Wildman–Crippen MR) is 138 cm³/mol. The van der Waals surface area contributed by atoms with Crippen molar-refractivity contribution >= 4 is 40.4 Å². The van der Waals surface area contributed by atoms with Crippen molar-refractivity contribution in [2.75, 3.05) is 11.4 Å². The number of nitrogens with zero attached hydrogens (tertiary/aromatic N) is 4. The van der Waals surface area contributed by atoms with Gasteiger partial charge < -0.3 is 4.90 Å². The van der Waals surface area contributed by atoms with Gasteiger partial charge in [0.05, 0.1) is 20.9 Å². The second-order valence-electron chi connectivity index (χ2n) is 6.95. The molecule has 0 radical (unpaired) electrons. The Bertz CT molecular complexity index is 1430. The highest BCUT2D eigenvalue weighted by molar-refractivity contribution is 8.03. The van der Waals surface area contributed by atoms with Gasteiger partial charge in [-0.25, -0.2) is 4.98 Å². The first kappa shape index (κ1) is 22.4. The van der Waals surface area contributed by atoms with Crippen LogP contribution in [0.15, 0.2) is 94.9 Å². The molecule has 2 heterocycles. The maximum absolute atomic E-state index is 9.22. The lowest BCUT2D eigenvalue weighted by Gasteiger charge is -2.17. The van der Waals surface area contributed by atoms with Crippen LogP contribution in [-0.2, 0) is 0 Å². The lowest BCUT2D eigenvalue weighted by atomic mass is 10.1. The highest BCUT2D eigenvalue weighted by atomic mass is 32.2. The number of benzene rings is 2. The average molecular weight is 465 g/mol. The van der Waals surface area contributed by atoms with Gasteiger partial charge in [0.1, 0.15) is 16.8 Å². The molecule has 0 saturated carbocycles. The summed E-state index contributed by atoms with van der Waals surface area (Å²) in [7, 11) is 0. The number of thiazole rings is 1. The molecule has 0 aliphatic carbocycles. The fourth-order valence-corrected chi connectivity index (χ4v) is 5.47. The van der Waals surface area contributed by atoms with Gasteiger partial charge in [-0.2, -0.15) is 10.5 Å². The van der Waals surface area contributed by atoms with Crippen LogP contribution in [0.2, 0.25) is 0 Å². The molecule has 2 aromatic carbocycles. The first-order chi connectivity index (χ1) is 16.2. The molecule has 4 nitrogen and oxygen atoms in total. The van der Waals surface area contributed by atoms with Gasteiger partial charge in [-0.05, 0) is 31.2 Å². The van der Waals surface area contributed by atoms with Gasteiger partial charge >= 0.3 is 0 Å². The van der Waals surface area contributed by atoms with Gasteiger partial charge in [0.15, 0.2) is 5.57 Å². The molecule has 1 aliphatic heterocycles. The second-order valence-corrected chi connectivity index (χ2v) is 9.04. The number of para-hydroxylation sites is 1. The predicted octanol–water partition coefficient (Wildman–Crippen LogP) is 5.37. The molecule has 0 fully saturated rings. The number of hydrogen-bond acceptors (Lipinski definition) is 6. The molecule has 1 aliphatic rings. The molecule has 0 spiro atoms. The highest BCUT2D eigenvalue weighted by Crippen LogP contribution is 2.45. The van der Waals surface area contributed by atoms with E-state index in [9.17, 15) is 10.5 Å². The lowest BCUT2D eigenvalue weighted by Crippen LogP contribution is -2.16. The number of allylic oxidation sites excluding steroid dienone is 5. The van der Waals surface area contributed by atoms with E-state index in [0.29, 0.717) is 4.66 Å². The van der Waals surface area contributed by atoms with Crippen molar-refractivity contribution in [2.45, 2.75) is 11.8 Å². The Morgan fingerprint density at radius 1 is 0.939 bits per heavy atom. The molecule has 1 aromatic heterocycles. The second kappa shape index (κ2) is 10.7. The maximum Gasteiger partial charge on any atom is 0.165 e. The van der Waals surface area contributed by atoms with Crippen LogP contribution in [0.25, 0.3) is 22.9 Å². The van der Waals surface area contributed by atoms with Crippen LogP contribution in [-0.4, -0.2) is 11.5 Å². The number of aromatic nitrogens is 1. The minimum atomic E-state index is 0.0304. The summed E-state index contributed by atoms with van der Waals surface area (Å²) in [6.45, 7) is 3.08. The summed E-state index contributed by atoms with van der Waals surface area (Å²) < 4.78 is 1.34. The van der Waals surface area contributed by atoms with Crippen LogP contribution in [0.4, 0.5) is 5.69 Å². The van der Waals surface area contributed by atoms with E-state index in [1.807, 2.05) is 72.9 Å². The molecule has 4 rings (SSSR count). The minimum absolute atomic E-state index is 0.0304. The molecular formula is C27H20N4S2. The molecule has 0 unspecified atom stereocenters. The molecule has 33 heavy (non-hydrogen) atoms. The van der Waals surface area contributed by atoms with Crippen LogP contribution in [0, 0.1) is 22.7 Å². The molecule has 0 atom stereocenters. The number of rotatable bonds is 5. The molecule has 0 bridgehead atoms. The first-order valence-electron chi connectivity index (χ1n) is 10.4. The third-order valence-corrected chi connectivity index (χ3v) is 7.08. The van der Waals surface area contributed by atoms with Crippen molar-refractivity contribution in [3.05, 3.63) is 99.2 Å². The van der Waals surface area contributed by atoms with Gasteiger partial charge in [-0.1, -0.05) is 78.5 Å². The number of nitriles is 2. The van der Waals surface area contributed by atoms with Gasteiger partial charge in [0, 0.05) is 17.0 Å². The zero-order valence-electron chi connectivity index (χ0n) is 18.0. The normalized spacial score (nSPS) is 14.7. The van der Waals surface area contributed by atoms with Crippen LogP contribution in [0.5, 0.6) is 0 Å². The Labute approximate surface area is 201 Å². The van der Waals surface area contributed by atoms with Crippen LogP contribution < -0.4 is 14.1 Å². The number of thioether (sulfide) groups is 1. The smallest absolute Gasteiger partial charge is 0.165 e. The standard InChI is InChI=1S/C27H20N4S2/c1-2-31-22-14-10-11-15-23(22)32-25(31)17-9-4-3-8-16-24-26(20-12-6-5-7-13-20)30-27(33-24)21(18-28)19-29/h3-17H,2H2,1H3/b8-3+,9-4+,24-16-,25-17-. The van der Waals surface area contributed by atoms with Gasteiger partial charge in [0.2, 0.25) is 0 Å². The number of hydrogen-bond donors (Lipinski definition) is 0. The summed E-state index contributed by atoms with van der Waals surface area (Å²) in [4.78, 5) is 8.15. The average Bonchev–Trinajstić information content (AvgIpc) is 3.43. The van der Waals surface area contributed by atoms with Crippen molar-refractivity contribution in [2.24, 2.45) is 0 Å². The summed E-state index contributed by atoms with van der Waals surface area (Å²) >= 11 is 3.13. The fourth-order valence-electron chi connectivity index (χ4n) is 3.39. The SMILES string of the molecule is CCN1/C(=C/C=C/C=C/C=c2\sc(=C(C#N)C#N)nc2-c2ccccc2)Sc2ccccc21. The van der Waals surface area contributed by atoms with Crippen LogP contribution in [0.1, 0.15) is 6.92 Å². The zero-order chi connectivity index (χ0) is 23.0. The molecule has 0 N–H and O–H groups in total. The van der Waals surface area contributed by atoms with Crippen molar-refractivity contribution in [1.29, 1.82) is 10.5 Å². The van der Waals surface area contributed by atoms with E-state index in [-0.39, 0.29) is 5.57 Å². The largest absolute Gasteiger partial charge is 0.335 e. The van der Waals surface area contributed by atoms with E-state index in [1.165, 1.54) is 26.9 Å². The summed E-state index contributed by atoms with van der Waals surface area (Å²) in [5, 5.41) is 19.7. The Morgan fingerprint density at radius 2 is 1.64 bits per heavy atom. The molecule has 3 aromatic rings. The topological polar surface area (TPSA) is 63.7 Å². The Balaban J connectivity index is 1.58. The van der Waals surface area contributed by atoms with Gasteiger partial charge in [0.25, 0.3) is 0 Å². The summed E-state index contributed by atoms with van der Waals surface area (Å²) in [5.41, 5.74) is 3.01. The monoisotopic (exact) mass is 464 g/mol. The third kappa shape index (κ3) is 4.99. The molecule has 160 valence electrons. The minimum Gasteiger partial charge on any atom is -0.335 e. The van der Waals surface area contributed by atoms with Crippen molar-refractivity contribution in [3.63, 3.8) is 0 Å². The fraction of sp³-hybridized carbons (Fsp3) is 0.0741. The molecule has 0 saturated heterocycles. The quantitative estimate of drug-likeness (QED) is 0.475. The molecular weight excluding hydrogens is 444 g/mol.